The van der Waals surface area contributed by atoms with Crippen LogP contribution in [0, 0.1) is 0 Å². The van der Waals surface area contributed by atoms with Crippen molar-refractivity contribution in [2.45, 2.75) is 30.0 Å². The molecule has 3 aromatic carbocycles. The standard InChI is InChI=1S/C31H34ClN5O5S/c1-21(43(40,41)25-5-3-2-4-6-25)19-34-27-18-23(20-37-13-15-42-16-14-37)17-26-28(27)35-36-29(30(26)38)31(39)33-12-11-22-7-9-24(32)10-8-22/h2-10,17-18,21,34H,11-16,19-20H2,1H3,(H,33,39)(H,35,38). The molecule has 1 unspecified atom stereocenters. The number of hydrogen-bond acceptors (Lipinski definition) is 8. The van der Waals surface area contributed by atoms with Crippen LogP contribution in [0.15, 0.2) is 76.4 Å². The number of anilines is 1. The number of fused-ring (bicyclic) bond motifs is 1. The number of ether oxygens (including phenoxy) is 1. The first-order valence-corrected chi connectivity index (χ1v) is 16.1. The van der Waals surface area contributed by atoms with E-state index in [1.165, 1.54) is 0 Å². The summed E-state index contributed by atoms with van der Waals surface area (Å²) in [5, 5.41) is 13.2. The van der Waals surface area contributed by atoms with Gasteiger partial charge in [-0.05, 0) is 60.9 Å². The number of sulfone groups is 1. The molecule has 0 radical (unpaired) electrons. The molecule has 226 valence electrons. The molecular formula is C31H34ClN5O5S. The molecule has 43 heavy (non-hydrogen) atoms. The summed E-state index contributed by atoms with van der Waals surface area (Å²) in [6, 6.07) is 19.3. The van der Waals surface area contributed by atoms with Crippen molar-refractivity contribution in [2.75, 3.05) is 44.7 Å². The van der Waals surface area contributed by atoms with Gasteiger partial charge in [0.25, 0.3) is 5.91 Å². The quantitative estimate of drug-likeness (QED) is 0.231. The Morgan fingerprint density at radius 1 is 1.07 bits per heavy atom. The number of halogens is 1. The van der Waals surface area contributed by atoms with Crippen LogP contribution in [0.1, 0.15) is 28.5 Å². The number of carbonyl (C=O) groups is 1. The molecule has 1 saturated heterocycles. The normalized spacial score (nSPS) is 14.8. The fraction of sp³-hybridized carbons (Fsp3) is 0.323. The lowest BCUT2D eigenvalue weighted by Gasteiger charge is -2.27. The van der Waals surface area contributed by atoms with Crippen molar-refractivity contribution in [3.8, 4) is 0 Å². The summed E-state index contributed by atoms with van der Waals surface area (Å²) in [7, 11) is -3.58. The molecule has 10 nitrogen and oxygen atoms in total. The van der Waals surface area contributed by atoms with Crippen molar-refractivity contribution in [2.24, 2.45) is 0 Å². The van der Waals surface area contributed by atoms with Crippen LogP contribution >= 0.6 is 11.6 Å². The van der Waals surface area contributed by atoms with E-state index in [-0.39, 0.29) is 17.1 Å². The van der Waals surface area contributed by atoms with Gasteiger partial charge >= 0.3 is 0 Å². The number of benzene rings is 3. The smallest absolute Gasteiger partial charge is 0.275 e. The average Bonchev–Trinajstić information content (AvgIpc) is 3.02. The van der Waals surface area contributed by atoms with Gasteiger partial charge < -0.3 is 15.4 Å². The third-order valence-corrected chi connectivity index (χ3v) is 9.86. The monoisotopic (exact) mass is 623 g/mol. The van der Waals surface area contributed by atoms with Crippen molar-refractivity contribution >= 4 is 43.9 Å². The maximum absolute atomic E-state index is 13.6. The maximum Gasteiger partial charge on any atom is 0.275 e. The van der Waals surface area contributed by atoms with Crippen LogP contribution < -0.4 is 16.1 Å². The number of aromatic amines is 1. The van der Waals surface area contributed by atoms with E-state index >= 15 is 0 Å². The van der Waals surface area contributed by atoms with Gasteiger partial charge in [0.15, 0.2) is 15.5 Å². The van der Waals surface area contributed by atoms with Gasteiger partial charge in [0.05, 0.1) is 39.9 Å². The summed E-state index contributed by atoms with van der Waals surface area (Å²) in [5.74, 6) is -0.576. The number of carbonyl (C=O) groups excluding carboxylic acids is 1. The van der Waals surface area contributed by atoms with Crippen LogP contribution in [0.4, 0.5) is 5.69 Å². The molecular weight excluding hydrogens is 590 g/mol. The highest BCUT2D eigenvalue weighted by molar-refractivity contribution is 7.92. The van der Waals surface area contributed by atoms with Gasteiger partial charge in [0.2, 0.25) is 5.43 Å². The Morgan fingerprint density at radius 2 is 1.79 bits per heavy atom. The molecule has 1 aromatic heterocycles. The molecule has 0 aliphatic carbocycles. The second-order valence-electron chi connectivity index (χ2n) is 10.5. The highest BCUT2D eigenvalue weighted by Gasteiger charge is 2.24. The largest absolute Gasteiger partial charge is 0.382 e. The van der Waals surface area contributed by atoms with E-state index in [1.54, 1.807) is 55.5 Å². The van der Waals surface area contributed by atoms with E-state index in [1.807, 2.05) is 18.2 Å². The van der Waals surface area contributed by atoms with Crippen LogP contribution in [0.25, 0.3) is 10.9 Å². The van der Waals surface area contributed by atoms with E-state index in [0.717, 1.165) is 24.2 Å². The zero-order valence-corrected chi connectivity index (χ0v) is 25.4. The number of aromatic nitrogens is 2. The predicted octanol–water partition coefficient (Wildman–Crippen LogP) is 3.66. The topological polar surface area (TPSA) is 133 Å². The molecule has 2 heterocycles. The minimum Gasteiger partial charge on any atom is -0.382 e. The van der Waals surface area contributed by atoms with Gasteiger partial charge in [-0.1, -0.05) is 41.9 Å². The Labute approximate surface area is 255 Å². The Hall–Kier alpha value is -3.77. The lowest BCUT2D eigenvalue weighted by molar-refractivity contribution is 0.0342. The molecule has 1 atom stereocenters. The number of nitrogens with zero attached hydrogens (tertiary/aromatic N) is 2. The van der Waals surface area contributed by atoms with Crippen molar-refractivity contribution in [3.63, 3.8) is 0 Å². The zero-order chi connectivity index (χ0) is 30.4. The second-order valence-corrected chi connectivity index (χ2v) is 13.3. The molecule has 1 amide bonds. The van der Waals surface area contributed by atoms with Crippen molar-refractivity contribution in [1.82, 2.24) is 20.4 Å². The lowest BCUT2D eigenvalue weighted by atomic mass is 10.1. The Kier molecular flexibility index (Phi) is 9.76. The van der Waals surface area contributed by atoms with Crippen LogP contribution in [0.2, 0.25) is 5.02 Å². The fourth-order valence-corrected chi connectivity index (χ4v) is 6.38. The Bertz CT molecular complexity index is 1740. The number of amides is 1. The van der Waals surface area contributed by atoms with Gasteiger partial charge in [-0.2, -0.15) is 5.10 Å². The number of hydrogen-bond donors (Lipinski definition) is 3. The van der Waals surface area contributed by atoms with E-state index in [9.17, 15) is 18.0 Å². The fourth-order valence-electron chi connectivity index (χ4n) is 4.95. The number of rotatable bonds is 11. The van der Waals surface area contributed by atoms with Crippen molar-refractivity contribution in [3.05, 3.63) is 98.8 Å². The summed E-state index contributed by atoms with van der Waals surface area (Å²) >= 11 is 5.94. The second kappa shape index (κ2) is 13.7. The first-order valence-electron chi connectivity index (χ1n) is 14.1. The molecule has 1 fully saturated rings. The average molecular weight is 624 g/mol. The van der Waals surface area contributed by atoms with Gasteiger partial charge in [0.1, 0.15) is 0 Å². The summed E-state index contributed by atoms with van der Waals surface area (Å²) in [6.07, 6.45) is 0.566. The van der Waals surface area contributed by atoms with Crippen molar-refractivity contribution < 1.29 is 17.9 Å². The van der Waals surface area contributed by atoms with Gasteiger partial charge in [-0.25, -0.2) is 8.42 Å². The summed E-state index contributed by atoms with van der Waals surface area (Å²) < 4.78 is 31.7. The molecule has 3 N–H and O–H groups in total. The molecule has 4 aromatic rings. The van der Waals surface area contributed by atoms with Crippen LogP contribution in [0.5, 0.6) is 0 Å². The van der Waals surface area contributed by atoms with E-state index in [4.69, 9.17) is 16.3 Å². The third kappa shape index (κ3) is 7.42. The number of nitrogens with one attached hydrogen (secondary N) is 3. The maximum atomic E-state index is 13.6. The zero-order valence-electron chi connectivity index (χ0n) is 23.8. The Balaban J connectivity index is 1.40. The third-order valence-electron chi connectivity index (χ3n) is 7.46. The molecule has 12 heteroatoms. The minimum atomic E-state index is -3.58. The molecule has 0 spiro atoms. The minimum absolute atomic E-state index is 0.0995. The molecule has 0 saturated carbocycles. The molecule has 1 aliphatic rings. The number of H-pyrrole nitrogens is 1. The van der Waals surface area contributed by atoms with Gasteiger partial charge in [-0.3, -0.25) is 19.6 Å². The highest BCUT2D eigenvalue weighted by Crippen LogP contribution is 2.24. The molecule has 1 aliphatic heterocycles. The number of morpholine rings is 1. The first-order chi connectivity index (χ1) is 20.7. The first kappa shape index (κ1) is 30.7. The lowest BCUT2D eigenvalue weighted by Crippen LogP contribution is -2.35. The van der Waals surface area contributed by atoms with E-state index < -0.39 is 26.4 Å². The molecule has 5 rings (SSSR count). The van der Waals surface area contributed by atoms with Gasteiger partial charge in [0, 0.05) is 37.7 Å². The molecule has 0 bridgehead atoms. The summed E-state index contributed by atoms with van der Waals surface area (Å²) in [4.78, 5) is 29.1. The highest BCUT2D eigenvalue weighted by atomic mass is 35.5. The predicted molar refractivity (Wildman–Crippen MR) is 168 cm³/mol. The van der Waals surface area contributed by atoms with Crippen LogP contribution in [-0.2, 0) is 27.5 Å². The van der Waals surface area contributed by atoms with E-state index in [2.05, 4.69) is 25.7 Å². The SMILES string of the molecule is CC(CNc1cc(CN2CCOCC2)cc2c(=O)c(C(=O)NCCc3ccc(Cl)cc3)n[nH]c12)S(=O)(=O)c1ccccc1. The van der Waals surface area contributed by atoms with E-state index in [0.29, 0.717) is 54.3 Å². The van der Waals surface area contributed by atoms with Crippen molar-refractivity contribution in [1.29, 1.82) is 0 Å². The van der Waals surface area contributed by atoms with Crippen LogP contribution in [0.3, 0.4) is 0 Å². The summed E-state index contributed by atoms with van der Waals surface area (Å²) in [6.45, 7) is 5.37. The summed E-state index contributed by atoms with van der Waals surface area (Å²) in [5.41, 5.74) is 2.04. The van der Waals surface area contributed by atoms with Crippen LogP contribution in [-0.4, -0.2) is 74.1 Å². The Morgan fingerprint density at radius 3 is 2.51 bits per heavy atom. The van der Waals surface area contributed by atoms with Gasteiger partial charge in [-0.15, -0.1) is 0 Å².